The van der Waals surface area contributed by atoms with Crippen molar-refractivity contribution in [3.63, 3.8) is 0 Å². The normalized spacial score (nSPS) is 17.6. The van der Waals surface area contributed by atoms with Crippen LogP contribution in [-0.4, -0.2) is 72.4 Å². The Balaban J connectivity index is 1.24. The lowest BCUT2D eigenvalue weighted by molar-refractivity contribution is -0.125. The molecule has 3 aromatic rings. The Labute approximate surface area is 233 Å². The van der Waals surface area contributed by atoms with Gasteiger partial charge in [-0.25, -0.2) is 9.79 Å². The summed E-state index contributed by atoms with van der Waals surface area (Å²) in [6.45, 7) is 4.91. The summed E-state index contributed by atoms with van der Waals surface area (Å²) in [4.78, 5) is 46.5. The number of piperazine rings is 1. The third-order valence-electron chi connectivity index (χ3n) is 7.08. The van der Waals surface area contributed by atoms with E-state index in [0.29, 0.717) is 30.3 Å². The summed E-state index contributed by atoms with van der Waals surface area (Å²) in [5.41, 5.74) is 3.38. The zero-order chi connectivity index (χ0) is 27.9. The fourth-order valence-corrected chi connectivity index (χ4v) is 5.10. The number of guanidine groups is 1. The topological polar surface area (TPSA) is 103 Å². The quantitative estimate of drug-likeness (QED) is 0.446. The van der Waals surface area contributed by atoms with Crippen molar-refractivity contribution in [1.29, 1.82) is 0 Å². The predicted molar refractivity (Wildman–Crippen MR) is 153 cm³/mol. The van der Waals surface area contributed by atoms with Crippen LogP contribution >= 0.6 is 0 Å². The fourth-order valence-electron chi connectivity index (χ4n) is 5.10. The Bertz CT molecular complexity index is 1310. The Morgan fingerprint density at radius 3 is 2.10 bits per heavy atom. The van der Waals surface area contributed by atoms with Crippen molar-refractivity contribution in [2.75, 3.05) is 38.1 Å². The molecule has 1 unspecified atom stereocenters. The summed E-state index contributed by atoms with van der Waals surface area (Å²) >= 11 is 0. The van der Waals surface area contributed by atoms with E-state index in [9.17, 15) is 14.4 Å². The minimum absolute atomic E-state index is 0.0275. The first kappa shape index (κ1) is 27.1. The monoisotopic (exact) mass is 539 g/mol. The molecule has 2 aliphatic heterocycles. The van der Waals surface area contributed by atoms with Crippen LogP contribution in [0.5, 0.6) is 0 Å². The highest BCUT2D eigenvalue weighted by Crippen LogP contribution is 2.29. The van der Waals surface area contributed by atoms with Gasteiger partial charge in [-0.3, -0.25) is 19.8 Å². The van der Waals surface area contributed by atoms with Gasteiger partial charge in [0.25, 0.3) is 0 Å². The molecule has 2 aliphatic rings. The van der Waals surface area contributed by atoms with Gasteiger partial charge in [-0.2, -0.15) is 0 Å². The van der Waals surface area contributed by atoms with Crippen LogP contribution in [0.3, 0.4) is 0 Å². The van der Waals surface area contributed by atoms with E-state index < -0.39 is 12.0 Å². The minimum atomic E-state index is -0.840. The van der Waals surface area contributed by atoms with Gasteiger partial charge in [0.05, 0.1) is 24.6 Å². The Morgan fingerprint density at radius 2 is 1.52 bits per heavy atom. The molecule has 2 N–H and O–H groups in total. The third kappa shape index (κ3) is 6.38. The maximum absolute atomic E-state index is 13.0. The van der Waals surface area contributed by atoms with E-state index in [1.165, 1.54) is 11.1 Å². The van der Waals surface area contributed by atoms with Gasteiger partial charge in [0.1, 0.15) is 6.04 Å². The first-order valence-electron chi connectivity index (χ1n) is 13.6. The number of nitrogens with one attached hydrogen (secondary N) is 2. The summed E-state index contributed by atoms with van der Waals surface area (Å²) in [5.74, 6) is -0.595. The fraction of sp³-hybridized carbons (Fsp3) is 0.290. The van der Waals surface area contributed by atoms with Crippen LogP contribution < -0.4 is 10.6 Å². The van der Waals surface area contributed by atoms with Gasteiger partial charge in [-0.1, -0.05) is 60.7 Å². The molecule has 1 fully saturated rings. The number of rotatable bonds is 7. The maximum atomic E-state index is 13.0. The molecule has 5 rings (SSSR count). The molecule has 40 heavy (non-hydrogen) atoms. The number of carbonyl (C=O) groups excluding carboxylic acids is 3. The van der Waals surface area contributed by atoms with Crippen molar-refractivity contribution in [2.45, 2.75) is 25.4 Å². The van der Waals surface area contributed by atoms with Crippen LogP contribution in [0.2, 0.25) is 0 Å². The first-order valence-corrected chi connectivity index (χ1v) is 13.6. The standard InChI is InChI=1S/C31H33N5O4/c1-2-40-30(39)24-13-15-25(16-14-24)32-29(38)26-21-27(37)34-31(33-26)36-19-17-35(18-20-36)28(22-9-5-3-6-10-22)23-11-7-4-8-12-23/h3-16,26,28H,2,17-21H2,1H3,(H,32,38)(H,33,34,37). The van der Waals surface area contributed by atoms with Crippen LogP contribution in [0, 0.1) is 0 Å². The van der Waals surface area contributed by atoms with E-state index in [-0.39, 0.29) is 30.9 Å². The molecule has 0 aromatic heterocycles. The number of aliphatic imine (C=N–C) groups is 1. The van der Waals surface area contributed by atoms with Crippen LogP contribution in [0.25, 0.3) is 0 Å². The molecular weight excluding hydrogens is 506 g/mol. The van der Waals surface area contributed by atoms with Crippen molar-refractivity contribution in [3.05, 3.63) is 102 Å². The average Bonchev–Trinajstić information content (AvgIpc) is 2.99. The second kappa shape index (κ2) is 12.6. The van der Waals surface area contributed by atoms with E-state index in [1.54, 1.807) is 31.2 Å². The first-order chi connectivity index (χ1) is 19.5. The van der Waals surface area contributed by atoms with Crippen LogP contribution in [-0.2, 0) is 14.3 Å². The third-order valence-corrected chi connectivity index (χ3v) is 7.08. The average molecular weight is 540 g/mol. The summed E-state index contributed by atoms with van der Waals surface area (Å²) in [6.07, 6.45) is -0.0275. The highest BCUT2D eigenvalue weighted by Gasteiger charge is 2.32. The molecule has 2 amide bonds. The molecule has 206 valence electrons. The van der Waals surface area contributed by atoms with E-state index in [2.05, 4.69) is 69.1 Å². The largest absolute Gasteiger partial charge is 0.462 e. The van der Waals surface area contributed by atoms with E-state index in [4.69, 9.17) is 4.74 Å². The van der Waals surface area contributed by atoms with Crippen molar-refractivity contribution in [1.82, 2.24) is 15.1 Å². The molecule has 1 saturated heterocycles. The second-order valence-corrected chi connectivity index (χ2v) is 9.75. The number of hydrogen-bond acceptors (Lipinski definition) is 7. The van der Waals surface area contributed by atoms with Gasteiger partial charge in [0, 0.05) is 31.9 Å². The molecule has 9 nitrogen and oxygen atoms in total. The van der Waals surface area contributed by atoms with E-state index in [1.807, 2.05) is 17.0 Å². The number of ether oxygens (including phenoxy) is 1. The van der Waals surface area contributed by atoms with Gasteiger partial charge >= 0.3 is 5.97 Å². The van der Waals surface area contributed by atoms with Gasteiger partial charge in [0.15, 0.2) is 0 Å². The molecule has 0 radical (unpaired) electrons. The summed E-state index contributed by atoms with van der Waals surface area (Å²) in [7, 11) is 0. The van der Waals surface area contributed by atoms with Gasteiger partial charge in [0.2, 0.25) is 17.8 Å². The lowest BCUT2D eigenvalue weighted by atomic mass is 9.96. The van der Waals surface area contributed by atoms with E-state index in [0.717, 1.165) is 13.1 Å². The number of anilines is 1. The molecule has 3 aromatic carbocycles. The zero-order valence-electron chi connectivity index (χ0n) is 22.5. The van der Waals surface area contributed by atoms with Gasteiger partial charge in [-0.15, -0.1) is 0 Å². The number of hydrogen-bond donors (Lipinski definition) is 2. The highest BCUT2D eigenvalue weighted by atomic mass is 16.5. The van der Waals surface area contributed by atoms with Crippen molar-refractivity contribution in [2.24, 2.45) is 4.99 Å². The molecule has 0 spiro atoms. The Kier molecular flexibility index (Phi) is 8.51. The smallest absolute Gasteiger partial charge is 0.338 e. The van der Waals surface area contributed by atoms with Crippen LogP contribution in [0.4, 0.5) is 5.69 Å². The zero-order valence-corrected chi connectivity index (χ0v) is 22.5. The van der Waals surface area contributed by atoms with Crippen molar-refractivity contribution in [3.8, 4) is 0 Å². The SMILES string of the molecule is CCOC(=O)c1ccc(NC(=O)C2CC(=O)NC(N3CCN(C(c4ccccc4)c4ccccc4)CC3)=N2)cc1. The number of carbonyl (C=O) groups is 3. The predicted octanol–water partition coefficient (Wildman–Crippen LogP) is 3.45. The molecule has 9 heteroatoms. The van der Waals surface area contributed by atoms with Crippen molar-refractivity contribution >= 4 is 29.4 Å². The minimum Gasteiger partial charge on any atom is -0.462 e. The van der Waals surface area contributed by atoms with Gasteiger partial charge < -0.3 is 15.0 Å². The lowest BCUT2D eigenvalue weighted by Gasteiger charge is -2.41. The Hall–Kier alpha value is -4.50. The molecule has 0 aliphatic carbocycles. The number of nitrogens with zero attached hydrogens (tertiary/aromatic N) is 3. The molecular formula is C31H33N5O4. The highest BCUT2D eigenvalue weighted by molar-refractivity contribution is 6.06. The summed E-state index contributed by atoms with van der Waals surface area (Å²) in [6, 6.07) is 26.7. The van der Waals surface area contributed by atoms with Crippen LogP contribution in [0.1, 0.15) is 40.9 Å². The summed E-state index contributed by atoms with van der Waals surface area (Å²) in [5, 5.41) is 5.67. The van der Waals surface area contributed by atoms with Crippen LogP contribution in [0.15, 0.2) is 89.9 Å². The van der Waals surface area contributed by atoms with Crippen molar-refractivity contribution < 1.29 is 19.1 Å². The Morgan fingerprint density at radius 1 is 0.925 bits per heavy atom. The summed E-state index contributed by atoms with van der Waals surface area (Å²) < 4.78 is 4.99. The number of benzene rings is 3. The van der Waals surface area contributed by atoms with Gasteiger partial charge in [-0.05, 0) is 42.3 Å². The second-order valence-electron chi connectivity index (χ2n) is 9.75. The molecule has 1 atom stereocenters. The molecule has 0 saturated carbocycles. The number of esters is 1. The van der Waals surface area contributed by atoms with E-state index >= 15 is 0 Å². The molecule has 2 heterocycles. The lowest BCUT2D eigenvalue weighted by Crippen LogP contribution is -2.56. The molecule has 0 bridgehead atoms. The maximum Gasteiger partial charge on any atom is 0.338 e. The number of amides is 2.